The van der Waals surface area contributed by atoms with E-state index < -0.39 is 0 Å². The predicted molar refractivity (Wildman–Crippen MR) is 75.7 cm³/mol. The molecule has 1 unspecified atom stereocenters. The summed E-state index contributed by atoms with van der Waals surface area (Å²) in [6.45, 7) is 2.24. The number of amides is 1. The van der Waals surface area contributed by atoms with E-state index in [1.165, 1.54) is 6.08 Å². The van der Waals surface area contributed by atoms with Gasteiger partial charge in [0.15, 0.2) is 0 Å². The van der Waals surface area contributed by atoms with Gasteiger partial charge in [0.05, 0.1) is 6.10 Å². The van der Waals surface area contributed by atoms with Crippen molar-refractivity contribution in [3.8, 4) is 0 Å². The van der Waals surface area contributed by atoms with Crippen molar-refractivity contribution in [3.05, 3.63) is 36.4 Å². The molecule has 1 aliphatic heterocycles. The summed E-state index contributed by atoms with van der Waals surface area (Å²) >= 11 is 0. The number of nitrogens with two attached hydrogens (primary N) is 1. The fourth-order valence-electron chi connectivity index (χ4n) is 2.09. The third-order valence-corrected chi connectivity index (χ3v) is 3.03. The molecule has 4 N–H and O–H groups in total. The van der Waals surface area contributed by atoms with Gasteiger partial charge in [0, 0.05) is 37.1 Å². The molecule has 0 radical (unpaired) electrons. The van der Waals surface area contributed by atoms with Crippen molar-refractivity contribution in [2.45, 2.75) is 12.5 Å². The smallest absolute Gasteiger partial charge is 0.248 e. The van der Waals surface area contributed by atoms with Gasteiger partial charge in [-0.15, -0.1) is 0 Å². The SMILES string of the molecule is Nc1cccc(NC(=O)/C=C/CN2CCC(O)C2)c1. The topological polar surface area (TPSA) is 78.6 Å². The molecule has 1 aromatic carbocycles. The van der Waals surface area contributed by atoms with Crippen LogP contribution in [0, 0.1) is 0 Å². The quantitative estimate of drug-likeness (QED) is 0.554. The van der Waals surface area contributed by atoms with Crippen LogP contribution in [0.1, 0.15) is 6.42 Å². The van der Waals surface area contributed by atoms with Crippen LogP contribution >= 0.6 is 0 Å². The Morgan fingerprint density at radius 3 is 3.11 bits per heavy atom. The summed E-state index contributed by atoms with van der Waals surface area (Å²) in [5, 5.41) is 12.1. The van der Waals surface area contributed by atoms with E-state index in [1.807, 2.05) is 0 Å². The largest absolute Gasteiger partial charge is 0.399 e. The highest BCUT2D eigenvalue weighted by molar-refractivity contribution is 5.99. The summed E-state index contributed by atoms with van der Waals surface area (Å²) < 4.78 is 0. The van der Waals surface area contributed by atoms with E-state index in [0.717, 1.165) is 13.0 Å². The Morgan fingerprint density at radius 1 is 1.58 bits per heavy atom. The van der Waals surface area contributed by atoms with Crippen LogP contribution in [-0.2, 0) is 4.79 Å². The summed E-state index contributed by atoms with van der Waals surface area (Å²) in [4.78, 5) is 13.8. The lowest BCUT2D eigenvalue weighted by atomic mass is 10.3. The van der Waals surface area contributed by atoms with Gasteiger partial charge in [-0.1, -0.05) is 12.1 Å². The first kappa shape index (κ1) is 13.6. The number of aliphatic hydroxyl groups excluding tert-OH is 1. The van der Waals surface area contributed by atoms with Crippen LogP contribution in [0.25, 0.3) is 0 Å². The molecular weight excluding hydrogens is 242 g/mol. The van der Waals surface area contributed by atoms with Gasteiger partial charge < -0.3 is 16.2 Å². The van der Waals surface area contributed by atoms with Crippen LogP contribution in [0.15, 0.2) is 36.4 Å². The maximum Gasteiger partial charge on any atom is 0.248 e. The lowest BCUT2D eigenvalue weighted by molar-refractivity contribution is -0.111. The van der Waals surface area contributed by atoms with Gasteiger partial charge in [0.2, 0.25) is 5.91 Å². The average molecular weight is 261 g/mol. The highest BCUT2D eigenvalue weighted by Gasteiger charge is 2.18. The van der Waals surface area contributed by atoms with E-state index in [-0.39, 0.29) is 12.0 Å². The summed E-state index contributed by atoms with van der Waals surface area (Å²) in [6.07, 6.45) is 3.89. The van der Waals surface area contributed by atoms with Crippen LogP contribution in [0.4, 0.5) is 11.4 Å². The van der Waals surface area contributed by atoms with Crippen LogP contribution in [0.5, 0.6) is 0 Å². The second-order valence-electron chi connectivity index (χ2n) is 4.72. The summed E-state index contributed by atoms with van der Waals surface area (Å²) in [7, 11) is 0. The third-order valence-electron chi connectivity index (χ3n) is 3.03. The first-order chi connectivity index (χ1) is 9.13. The number of β-amino-alcohol motifs (C(OH)–C–C–N with tert-alkyl or cyclic N) is 1. The molecular formula is C14H19N3O2. The highest BCUT2D eigenvalue weighted by atomic mass is 16.3. The Bertz CT molecular complexity index is 474. The number of nitrogen functional groups attached to an aromatic ring is 1. The fourth-order valence-corrected chi connectivity index (χ4v) is 2.09. The van der Waals surface area contributed by atoms with Crippen LogP contribution in [-0.4, -0.2) is 41.7 Å². The van der Waals surface area contributed by atoms with Gasteiger partial charge in [-0.25, -0.2) is 0 Å². The van der Waals surface area contributed by atoms with Gasteiger partial charge >= 0.3 is 0 Å². The van der Waals surface area contributed by atoms with Crippen LogP contribution in [0.3, 0.4) is 0 Å². The number of aliphatic hydroxyl groups is 1. The number of hydrogen-bond acceptors (Lipinski definition) is 4. The standard InChI is InChI=1S/C14H19N3O2/c15-11-3-1-4-12(9-11)16-14(19)5-2-7-17-8-6-13(18)10-17/h1-5,9,13,18H,6-8,10,15H2,(H,16,19)/b5-2+. The van der Waals surface area contributed by atoms with Crippen molar-refractivity contribution in [2.24, 2.45) is 0 Å². The van der Waals surface area contributed by atoms with Crippen molar-refractivity contribution < 1.29 is 9.90 Å². The Labute approximate surface area is 112 Å². The number of benzene rings is 1. The van der Waals surface area contributed by atoms with Gasteiger partial charge in [0.25, 0.3) is 0 Å². The van der Waals surface area contributed by atoms with Gasteiger partial charge in [-0.05, 0) is 24.6 Å². The fraction of sp³-hybridized carbons (Fsp3) is 0.357. The Kier molecular flexibility index (Phi) is 4.54. The zero-order valence-corrected chi connectivity index (χ0v) is 10.7. The molecule has 0 aromatic heterocycles. The number of likely N-dealkylation sites (tertiary alicyclic amines) is 1. The minimum Gasteiger partial charge on any atom is -0.399 e. The van der Waals surface area contributed by atoms with Gasteiger partial charge in [-0.2, -0.15) is 0 Å². The van der Waals surface area contributed by atoms with E-state index in [2.05, 4.69) is 10.2 Å². The molecule has 2 rings (SSSR count). The summed E-state index contributed by atoms with van der Waals surface area (Å²) in [5.74, 6) is -0.176. The molecule has 0 bridgehead atoms. The molecule has 19 heavy (non-hydrogen) atoms. The molecule has 1 aromatic rings. The number of carbonyl (C=O) groups excluding carboxylic acids is 1. The normalized spacial score (nSPS) is 19.9. The van der Waals surface area contributed by atoms with Gasteiger partial charge in [0.1, 0.15) is 0 Å². The minimum atomic E-state index is -0.227. The molecule has 0 saturated carbocycles. The van der Waals surface area contributed by atoms with Crippen molar-refractivity contribution in [1.29, 1.82) is 0 Å². The van der Waals surface area contributed by atoms with E-state index in [9.17, 15) is 9.90 Å². The van der Waals surface area contributed by atoms with E-state index in [4.69, 9.17) is 5.73 Å². The molecule has 1 amide bonds. The van der Waals surface area contributed by atoms with E-state index in [0.29, 0.717) is 24.5 Å². The molecule has 0 spiro atoms. The number of nitrogens with zero attached hydrogens (tertiary/aromatic N) is 1. The van der Waals surface area contributed by atoms with Crippen LogP contribution in [0.2, 0.25) is 0 Å². The highest BCUT2D eigenvalue weighted by Crippen LogP contribution is 2.11. The zero-order valence-electron chi connectivity index (χ0n) is 10.7. The molecule has 0 aliphatic carbocycles. The van der Waals surface area contributed by atoms with Crippen molar-refractivity contribution in [2.75, 3.05) is 30.7 Å². The Morgan fingerprint density at radius 2 is 2.42 bits per heavy atom. The minimum absolute atomic E-state index is 0.176. The van der Waals surface area contributed by atoms with Crippen molar-refractivity contribution in [3.63, 3.8) is 0 Å². The van der Waals surface area contributed by atoms with E-state index in [1.54, 1.807) is 30.3 Å². The lowest BCUT2D eigenvalue weighted by Gasteiger charge is -2.11. The number of nitrogens with one attached hydrogen (secondary N) is 1. The lowest BCUT2D eigenvalue weighted by Crippen LogP contribution is -2.22. The average Bonchev–Trinajstić information content (AvgIpc) is 2.75. The molecule has 1 fully saturated rings. The molecule has 1 atom stereocenters. The Hall–Kier alpha value is -1.85. The van der Waals surface area contributed by atoms with Crippen molar-refractivity contribution >= 4 is 17.3 Å². The molecule has 1 saturated heterocycles. The van der Waals surface area contributed by atoms with Crippen molar-refractivity contribution in [1.82, 2.24) is 4.90 Å². The maximum absolute atomic E-state index is 11.7. The predicted octanol–water partition coefficient (Wildman–Crippen LogP) is 0.830. The Balaban J connectivity index is 1.78. The summed E-state index contributed by atoms with van der Waals surface area (Å²) in [5.41, 5.74) is 6.94. The maximum atomic E-state index is 11.7. The molecule has 5 nitrogen and oxygen atoms in total. The molecule has 1 heterocycles. The second kappa shape index (κ2) is 6.36. The monoisotopic (exact) mass is 261 g/mol. The molecule has 5 heteroatoms. The van der Waals surface area contributed by atoms with Gasteiger partial charge in [-0.3, -0.25) is 9.69 Å². The number of carbonyl (C=O) groups is 1. The molecule has 1 aliphatic rings. The third kappa shape index (κ3) is 4.39. The second-order valence-corrected chi connectivity index (χ2v) is 4.72. The number of anilines is 2. The first-order valence-corrected chi connectivity index (χ1v) is 6.37. The van der Waals surface area contributed by atoms with E-state index >= 15 is 0 Å². The number of rotatable bonds is 4. The first-order valence-electron chi connectivity index (χ1n) is 6.37. The summed E-state index contributed by atoms with van der Waals surface area (Å²) in [6, 6.07) is 7.06. The number of hydrogen-bond donors (Lipinski definition) is 3. The zero-order chi connectivity index (χ0) is 13.7. The van der Waals surface area contributed by atoms with Crippen LogP contribution < -0.4 is 11.1 Å². The molecule has 102 valence electrons.